The molecular formula is C15H19N5. The monoisotopic (exact) mass is 269 g/mol. The van der Waals surface area contributed by atoms with E-state index in [1.807, 2.05) is 12.1 Å². The van der Waals surface area contributed by atoms with Crippen LogP contribution in [0.25, 0.3) is 11.0 Å². The van der Waals surface area contributed by atoms with Crippen LogP contribution in [0.1, 0.15) is 31.4 Å². The van der Waals surface area contributed by atoms with E-state index in [9.17, 15) is 0 Å². The first-order valence-corrected chi connectivity index (χ1v) is 7.09. The summed E-state index contributed by atoms with van der Waals surface area (Å²) in [7, 11) is 0. The van der Waals surface area contributed by atoms with E-state index in [0.29, 0.717) is 11.5 Å². The quantitative estimate of drug-likeness (QED) is 0.926. The molecule has 1 aliphatic rings. The molecule has 5 heteroatoms. The van der Waals surface area contributed by atoms with E-state index in [1.165, 1.54) is 25.9 Å². The standard InChI is InChI=1S/C15H19N5/c1-11(10-19-6-2-3-7-19)20-14-8-12(9-16)4-5-13(14)18-15(20)17/h4-5,8,11H,2-3,6-7,10H2,1H3,(H2,17,18). The molecule has 2 aromatic rings. The molecule has 0 saturated carbocycles. The van der Waals surface area contributed by atoms with Crippen molar-refractivity contribution in [1.82, 2.24) is 14.5 Å². The molecule has 1 aromatic heterocycles. The average molecular weight is 269 g/mol. The van der Waals surface area contributed by atoms with Gasteiger partial charge in [0.2, 0.25) is 5.95 Å². The highest BCUT2D eigenvalue weighted by Crippen LogP contribution is 2.25. The van der Waals surface area contributed by atoms with Crippen LogP contribution in [0.2, 0.25) is 0 Å². The molecule has 0 amide bonds. The Morgan fingerprint density at radius 1 is 1.40 bits per heavy atom. The minimum Gasteiger partial charge on any atom is -0.369 e. The van der Waals surface area contributed by atoms with Gasteiger partial charge in [0.25, 0.3) is 0 Å². The molecule has 0 spiro atoms. The number of aromatic nitrogens is 2. The van der Waals surface area contributed by atoms with E-state index in [1.54, 1.807) is 6.07 Å². The van der Waals surface area contributed by atoms with Crippen molar-refractivity contribution in [3.63, 3.8) is 0 Å². The first-order chi connectivity index (χ1) is 9.69. The maximum absolute atomic E-state index is 9.04. The van der Waals surface area contributed by atoms with Crippen molar-refractivity contribution < 1.29 is 0 Å². The molecule has 20 heavy (non-hydrogen) atoms. The summed E-state index contributed by atoms with van der Waals surface area (Å²) in [6.07, 6.45) is 2.57. The van der Waals surface area contributed by atoms with Crippen LogP contribution in [0, 0.1) is 11.3 Å². The summed E-state index contributed by atoms with van der Waals surface area (Å²) in [5.41, 5.74) is 8.52. The van der Waals surface area contributed by atoms with E-state index in [-0.39, 0.29) is 6.04 Å². The van der Waals surface area contributed by atoms with E-state index in [2.05, 4.69) is 27.4 Å². The Morgan fingerprint density at radius 3 is 2.85 bits per heavy atom. The van der Waals surface area contributed by atoms with Crippen LogP contribution in [-0.4, -0.2) is 34.1 Å². The number of nitrogens with two attached hydrogens (primary N) is 1. The summed E-state index contributed by atoms with van der Waals surface area (Å²) in [6, 6.07) is 7.95. The highest BCUT2D eigenvalue weighted by molar-refractivity contribution is 5.80. The van der Waals surface area contributed by atoms with Crippen LogP contribution >= 0.6 is 0 Å². The van der Waals surface area contributed by atoms with Crippen LogP contribution in [0.3, 0.4) is 0 Å². The molecule has 0 aliphatic carbocycles. The molecular weight excluding hydrogens is 250 g/mol. The van der Waals surface area contributed by atoms with Crippen LogP contribution in [0.5, 0.6) is 0 Å². The Morgan fingerprint density at radius 2 is 2.15 bits per heavy atom. The zero-order chi connectivity index (χ0) is 14.1. The number of fused-ring (bicyclic) bond motifs is 1. The van der Waals surface area contributed by atoms with Gasteiger partial charge in [-0.15, -0.1) is 0 Å². The summed E-state index contributed by atoms with van der Waals surface area (Å²) in [5.74, 6) is 0.529. The normalized spacial score (nSPS) is 17.4. The van der Waals surface area contributed by atoms with E-state index < -0.39 is 0 Å². The zero-order valence-electron chi connectivity index (χ0n) is 11.7. The number of benzene rings is 1. The number of likely N-dealkylation sites (tertiary alicyclic amines) is 1. The van der Waals surface area contributed by atoms with Gasteiger partial charge in [-0.1, -0.05) is 0 Å². The fourth-order valence-electron chi connectivity index (χ4n) is 3.06. The predicted octanol–water partition coefficient (Wildman–Crippen LogP) is 2.15. The first-order valence-electron chi connectivity index (χ1n) is 7.09. The minimum absolute atomic E-state index is 0.257. The molecule has 2 N–H and O–H groups in total. The summed E-state index contributed by atoms with van der Waals surface area (Å²) >= 11 is 0. The van der Waals surface area contributed by atoms with Gasteiger partial charge in [-0.2, -0.15) is 5.26 Å². The Labute approximate surface area is 118 Å². The Balaban J connectivity index is 1.96. The second-order valence-electron chi connectivity index (χ2n) is 5.51. The summed E-state index contributed by atoms with van der Waals surface area (Å²) in [4.78, 5) is 6.86. The third kappa shape index (κ3) is 2.23. The van der Waals surface area contributed by atoms with Crippen LogP contribution in [0.15, 0.2) is 18.2 Å². The SMILES string of the molecule is CC(CN1CCCC1)n1c(N)nc2ccc(C#N)cc21. The molecule has 1 fully saturated rings. The van der Waals surface area contributed by atoms with Crippen LogP contribution in [-0.2, 0) is 0 Å². The van der Waals surface area contributed by atoms with Crippen molar-refractivity contribution in [3.8, 4) is 6.07 Å². The third-order valence-electron chi connectivity index (χ3n) is 4.01. The number of nitriles is 1. The Hall–Kier alpha value is -2.06. The van der Waals surface area contributed by atoms with Crippen molar-refractivity contribution >= 4 is 17.0 Å². The molecule has 1 atom stereocenters. The predicted molar refractivity (Wildman–Crippen MR) is 79.2 cm³/mol. The van der Waals surface area contributed by atoms with E-state index in [0.717, 1.165) is 17.6 Å². The molecule has 1 unspecified atom stereocenters. The zero-order valence-corrected chi connectivity index (χ0v) is 11.7. The van der Waals surface area contributed by atoms with Gasteiger partial charge in [0, 0.05) is 12.6 Å². The summed E-state index contributed by atoms with van der Waals surface area (Å²) in [6.45, 7) is 5.47. The second kappa shape index (κ2) is 5.14. The maximum Gasteiger partial charge on any atom is 0.201 e. The smallest absolute Gasteiger partial charge is 0.201 e. The molecule has 0 radical (unpaired) electrons. The fraction of sp³-hybridized carbons (Fsp3) is 0.467. The van der Waals surface area contributed by atoms with Gasteiger partial charge >= 0.3 is 0 Å². The highest BCUT2D eigenvalue weighted by atomic mass is 15.2. The first kappa shape index (κ1) is 12.9. The number of hydrogen-bond donors (Lipinski definition) is 1. The molecule has 1 aliphatic heterocycles. The van der Waals surface area contributed by atoms with Gasteiger partial charge in [0.15, 0.2) is 0 Å². The van der Waals surface area contributed by atoms with Crippen molar-refractivity contribution in [2.75, 3.05) is 25.4 Å². The number of nitrogens with zero attached hydrogens (tertiary/aromatic N) is 4. The number of imidazole rings is 1. The molecule has 0 bridgehead atoms. The number of anilines is 1. The Bertz CT molecular complexity index is 661. The molecule has 1 saturated heterocycles. The van der Waals surface area contributed by atoms with Crippen molar-refractivity contribution in [2.24, 2.45) is 0 Å². The molecule has 104 valence electrons. The maximum atomic E-state index is 9.04. The molecule has 1 aromatic carbocycles. The lowest BCUT2D eigenvalue weighted by molar-refractivity contribution is 0.291. The Kier molecular flexibility index (Phi) is 3.33. The lowest BCUT2D eigenvalue weighted by atomic mass is 10.2. The molecule has 3 rings (SSSR count). The number of nitrogen functional groups attached to an aromatic ring is 1. The van der Waals surface area contributed by atoms with Gasteiger partial charge in [-0.25, -0.2) is 4.98 Å². The molecule has 2 heterocycles. The van der Waals surface area contributed by atoms with Gasteiger partial charge in [0.1, 0.15) is 0 Å². The highest BCUT2D eigenvalue weighted by Gasteiger charge is 2.19. The summed E-state index contributed by atoms with van der Waals surface area (Å²) in [5, 5.41) is 9.04. The van der Waals surface area contributed by atoms with E-state index >= 15 is 0 Å². The van der Waals surface area contributed by atoms with E-state index in [4.69, 9.17) is 11.0 Å². The lowest BCUT2D eigenvalue weighted by Crippen LogP contribution is -2.27. The van der Waals surface area contributed by atoms with Gasteiger partial charge in [0.05, 0.1) is 22.7 Å². The molecule has 5 nitrogen and oxygen atoms in total. The summed E-state index contributed by atoms with van der Waals surface area (Å²) < 4.78 is 2.05. The largest absolute Gasteiger partial charge is 0.369 e. The van der Waals surface area contributed by atoms with Crippen molar-refractivity contribution in [2.45, 2.75) is 25.8 Å². The van der Waals surface area contributed by atoms with Crippen molar-refractivity contribution in [1.29, 1.82) is 5.26 Å². The second-order valence-corrected chi connectivity index (χ2v) is 5.51. The third-order valence-corrected chi connectivity index (χ3v) is 4.01. The lowest BCUT2D eigenvalue weighted by Gasteiger charge is -2.22. The van der Waals surface area contributed by atoms with Crippen LogP contribution in [0.4, 0.5) is 5.95 Å². The average Bonchev–Trinajstić information content (AvgIpc) is 3.04. The van der Waals surface area contributed by atoms with Gasteiger partial charge in [-0.3, -0.25) is 0 Å². The topological polar surface area (TPSA) is 70.9 Å². The van der Waals surface area contributed by atoms with Crippen molar-refractivity contribution in [3.05, 3.63) is 23.8 Å². The minimum atomic E-state index is 0.257. The van der Waals surface area contributed by atoms with Crippen LogP contribution < -0.4 is 5.73 Å². The fourth-order valence-corrected chi connectivity index (χ4v) is 3.06. The van der Waals surface area contributed by atoms with Gasteiger partial charge < -0.3 is 15.2 Å². The number of rotatable bonds is 3. The number of hydrogen-bond acceptors (Lipinski definition) is 4. The van der Waals surface area contributed by atoms with Gasteiger partial charge in [-0.05, 0) is 51.1 Å².